The number of hydrogen-bond donors (Lipinski definition) is 1. The third-order valence-corrected chi connectivity index (χ3v) is 5.24. The Morgan fingerprint density at radius 2 is 1.56 bits per heavy atom. The normalized spacial score (nSPS) is 20.6. The molecule has 1 aliphatic carbocycles. The number of rotatable bonds is 2. The Morgan fingerprint density at radius 3 is 2.06 bits per heavy atom. The van der Waals surface area contributed by atoms with Gasteiger partial charge < -0.3 is 0 Å². The molecule has 1 aromatic rings. The van der Waals surface area contributed by atoms with Crippen LogP contribution in [0.4, 0.5) is 0 Å². The first-order valence-corrected chi connectivity index (χ1v) is 7.19. The second-order valence-electron chi connectivity index (χ2n) is 4.47. The fourth-order valence-corrected chi connectivity index (χ4v) is 3.92. The van der Waals surface area contributed by atoms with E-state index in [4.69, 9.17) is 5.14 Å². The van der Waals surface area contributed by atoms with Crippen LogP contribution in [0.25, 0.3) is 0 Å². The van der Waals surface area contributed by atoms with E-state index in [0.29, 0.717) is 12.8 Å². The maximum absolute atomic E-state index is 11.9. The number of nitrogens with two attached hydrogens (primary N) is 1. The summed E-state index contributed by atoms with van der Waals surface area (Å²) in [4.78, 5) is 0. The van der Waals surface area contributed by atoms with Crippen molar-refractivity contribution in [3.63, 3.8) is 0 Å². The first-order chi connectivity index (χ1) is 7.56. The van der Waals surface area contributed by atoms with Crippen LogP contribution < -0.4 is 5.14 Å². The van der Waals surface area contributed by atoms with Crippen molar-refractivity contribution in [2.24, 2.45) is 5.14 Å². The Labute approximate surface area is 96.7 Å². The number of sulfonamides is 1. The molecule has 3 nitrogen and oxygen atoms in total. The summed E-state index contributed by atoms with van der Waals surface area (Å²) in [5, 5.41) is 5.45. The van der Waals surface area contributed by atoms with E-state index in [2.05, 4.69) is 0 Å². The molecule has 0 spiro atoms. The maximum atomic E-state index is 11.9. The molecule has 16 heavy (non-hydrogen) atoms. The molecule has 0 atom stereocenters. The molecule has 0 saturated heterocycles. The van der Waals surface area contributed by atoms with Crippen molar-refractivity contribution in [2.75, 3.05) is 0 Å². The second-order valence-corrected chi connectivity index (χ2v) is 6.34. The topological polar surface area (TPSA) is 60.2 Å². The number of primary sulfonamides is 1. The summed E-state index contributed by atoms with van der Waals surface area (Å²) in [6, 6.07) is 9.38. The Hall–Kier alpha value is -0.870. The van der Waals surface area contributed by atoms with Crippen LogP contribution in [0.1, 0.15) is 37.7 Å². The quantitative estimate of drug-likeness (QED) is 0.859. The van der Waals surface area contributed by atoms with Crippen molar-refractivity contribution in [3.05, 3.63) is 35.9 Å². The summed E-state index contributed by atoms with van der Waals surface area (Å²) in [6.07, 6.45) is 4.27. The fraction of sp³-hybridized carbons (Fsp3) is 0.500. The highest BCUT2D eigenvalue weighted by molar-refractivity contribution is 7.90. The summed E-state index contributed by atoms with van der Waals surface area (Å²) < 4.78 is 22.9. The van der Waals surface area contributed by atoms with Crippen LogP contribution in [-0.2, 0) is 14.8 Å². The van der Waals surface area contributed by atoms with Crippen molar-refractivity contribution in [3.8, 4) is 0 Å². The predicted molar refractivity (Wildman–Crippen MR) is 64.3 cm³/mol. The average molecular weight is 239 g/mol. The fourth-order valence-electron chi connectivity index (χ4n) is 2.60. The van der Waals surface area contributed by atoms with E-state index in [9.17, 15) is 8.42 Å². The van der Waals surface area contributed by atoms with Gasteiger partial charge in [0.2, 0.25) is 10.0 Å². The lowest BCUT2D eigenvalue weighted by Gasteiger charge is -2.35. The van der Waals surface area contributed by atoms with E-state index < -0.39 is 14.8 Å². The molecule has 0 aliphatic heterocycles. The standard InChI is InChI=1S/C12H17NO2S/c13-16(14,15)12(9-5-2-6-10-12)11-7-3-1-4-8-11/h1,3-4,7-8H,2,5-6,9-10H2,(H2,13,14,15). The number of hydrogen-bond acceptors (Lipinski definition) is 2. The lowest BCUT2D eigenvalue weighted by Crippen LogP contribution is -2.42. The van der Waals surface area contributed by atoms with Crippen LogP contribution >= 0.6 is 0 Å². The third kappa shape index (κ3) is 1.87. The number of benzene rings is 1. The molecule has 0 unspecified atom stereocenters. The molecule has 4 heteroatoms. The highest BCUT2D eigenvalue weighted by Gasteiger charge is 2.43. The lowest BCUT2D eigenvalue weighted by atomic mass is 9.83. The minimum Gasteiger partial charge on any atom is -0.228 e. The molecule has 88 valence electrons. The van der Waals surface area contributed by atoms with E-state index in [1.54, 1.807) is 0 Å². The molecule has 0 amide bonds. The van der Waals surface area contributed by atoms with Crippen molar-refractivity contribution in [2.45, 2.75) is 36.9 Å². The van der Waals surface area contributed by atoms with E-state index in [0.717, 1.165) is 24.8 Å². The van der Waals surface area contributed by atoms with E-state index in [1.807, 2.05) is 30.3 Å². The van der Waals surface area contributed by atoms with Gasteiger partial charge in [0.15, 0.2) is 0 Å². The molecule has 0 bridgehead atoms. The van der Waals surface area contributed by atoms with Crippen molar-refractivity contribution >= 4 is 10.0 Å². The van der Waals surface area contributed by atoms with E-state index >= 15 is 0 Å². The van der Waals surface area contributed by atoms with Crippen molar-refractivity contribution in [1.82, 2.24) is 0 Å². The molecular weight excluding hydrogens is 222 g/mol. The molecule has 2 N–H and O–H groups in total. The summed E-state index contributed by atoms with van der Waals surface area (Å²) >= 11 is 0. The van der Waals surface area contributed by atoms with Gasteiger partial charge in [0.05, 0.1) is 0 Å². The molecule has 1 aliphatic rings. The Bertz CT molecular complexity index is 447. The van der Waals surface area contributed by atoms with E-state index in [-0.39, 0.29) is 0 Å². The Kier molecular flexibility index (Phi) is 3.04. The maximum Gasteiger partial charge on any atom is 0.219 e. The molecule has 0 heterocycles. The molecule has 0 radical (unpaired) electrons. The monoisotopic (exact) mass is 239 g/mol. The minimum atomic E-state index is -3.54. The van der Waals surface area contributed by atoms with E-state index in [1.165, 1.54) is 0 Å². The van der Waals surface area contributed by atoms with Gasteiger partial charge in [-0.1, -0.05) is 49.6 Å². The molecule has 0 aromatic heterocycles. The summed E-state index contributed by atoms with van der Waals surface area (Å²) in [5.74, 6) is 0. The van der Waals surface area contributed by atoms with Crippen LogP contribution in [0.3, 0.4) is 0 Å². The SMILES string of the molecule is NS(=O)(=O)C1(c2ccccc2)CCCCC1. The van der Waals surface area contributed by atoms with Crippen LogP contribution in [0, 0.1) is 0 Å². The minimum absolute atomic E-state index is 0.649. The molecular formula is C12H17NO2S. The van der Waals surface area contributed by atoms with Gasteiger partial charge in [-0.2, -0.15) is 0 Å². The van der Waals surface area contributed by atoms with Crippen LogP contribution in [0.15, 0.2) is 30.3 Å². The lowest BCUT2D eigenvalue weighted by molar-refractivity contribution is 0.380. The highest BCUT2D eigenvalue weighted by Crippen LogP contribution is 2.42. The van der Waals surface area contributed by atoms with Crippen LogP contribution in [0.2, 0.25) is 0 Å². The van der Waals surface area contributed by atoms with Gasteiger partial charge in [0.1, 0.15) is 4.75 Å². The van der Waals surface area contributed by atoms with Gasteiger partial charge in [-0.15, -0.1) is 0 Å². The smallest absolute Gasteiger partial charge is 0.219 e. The predicted octanol–water partition coefficient (Wildman–Crippen LogP) is 2.13. The zero-order chi connectivity index (χ0) is 11.6. The molecule has 1 saturated carbocycles. The van der Waals surface area contributed by atoms with Crippen LogP contribution in [0.5, 0.6) is 0 Å². The van der Waals surface area contributed by atoms with Gasteiger partial charge in [0.25, 0.3) is 0 Å². The third-order valence-electron chi connectivity index (χ3n) is 3.51. The van der Waals surface area contributed by atoms with Gasteiger partial charge in [-0.05, 0) is 18.4 Å². The van der Waals surface area contributed by atoms with Gasteiger partial charge >= 0.3 is 0 Å². The Balaban J connectivity index is 2.51. The molecule has 1 fully saturated rings. The second kappa shape index (κ2) is 4.18. The first kappa shape index (κ1) is 11.6. The Morgan fingerprint density at radius 1 is 1.00 bits per heavy atom. The zero-order valence-corrected chi connectivity index (χ0v) is 10.0. The zero-order valence-electron chi connectivity index (χ0n) is 9.22. The highest BCUT2D eigenvalue weighted by atomic mass is 32.2. The molecule has 2 rings (SSSR count). The van der Waals surface area contributed by atoms with Gasteiger partial charge in [-0.25, -0.2) is 13.6 Å². The van der Waals surface area contributed by atoms with Crippen molar-refractivity contribution < 1.29 is 8.42 Å². The van der Waals surface area contributed by atoms with Crippen LogP contribution in [-0.4, -0.2) is 8.42 Å². The first-order valence-electron chi connectivity index (χ1n) is 5.64. The summed E-state index contributed by atoms with van der Waals surface area (Å²) in [6.45, 7) is 0. The summed E-state index contributed by atoms with van der Waals surface area (Å²) in [7, 11) is -3.54. The molecule has 1 aromatic carbocycles. The van der Waals surface area contributed by atoms with Gasteiger partial charge in [-0.3, -0.25) is 0 Å². The summed E-state index contributed by atoms with van der Waals surface area (Å²) in [5.41, 5.74) is 0.845. The largest absolute Gasteiger partial charge is 0.228 e. The van der Waals surface area contributed by atoms with Gasteiger partial charge in [0, 0.05) is 0 Å². The van der Waals surface area contributed by atoms with Crippen molar-refractivity contribution in [1.29, 1.82) is 0 Å². The average Bonchev–Trinajstić information content (AvgIpc) is 2.30.